The van der Waals surface area contributed by atoms with Crippen LogP contribution in [0.3, 0.4) is 0 Å². The molecule has 0 aliphatic carbocycles. The third kappa shape index (κ3) is 3.01. The number of hydrogen-bond acceptors (Lipinski definition) is 2. The van der Waals surface area contributed by atoms with Crippen LogP contribution in [0.25, 0.3) is 0 Å². The molecule has 2 heteroatoms. The summed E-state index contributed by atoms with van der Waals surface area (Å²) in [6.45, 7) is 2.82. The summed E-state index contributed by atoms with van der Waals surface area (Å²) in [5.41, 5.74) is 2.48. The predicted molar refractivity (Wildman–Crippen MR) is 70.6 cm³/mol. The molecule has 0 fully saturated rings. The first-order valence-corrected chi connectivity index (χ1v) is 5.64. The van der Waals surface area contributed by atoms with Crippen molar-refractivity contribution < 1.29 is 0 Å². The maximum atomic E-state index is 5.29. The Hall–Kier alpha value is -1.46. The van der Waals surface area contributed by atoms with E-state index in [4.69, 9.17) is 6.42 Å². The first-order chi connectivity index (χ1) is 7.72. The molecule has 86 valence electrons. The number of rotatable bonds is 5. The van der Waals surface area contributed by atoms with Gasteiger partial charge in [-0.1, -0.05) is 25.0 Å². The van der Waals surface area contributed by atoms with E-state index in [0.29, 0.717) is 12.6 Å². The highest BCUT2D eigenvalue weighted by molar-refractivity contribution is 5.48. The van der Waals surface area contributed by atoms with E-state index in [1.165, 1.54) is 5.56 Å². The van der Waals surface area contributed by atoms with Crippen molar-refractivity contribution in [2.45, 2.75) is 19.4 Å². The van der Waals surface area contributed by atoms with Crippen LogP contribution < -0.4 is 10.2 Å². The first-order valence-electron chi connectivity index (χ1n) is 5.64. The maximum absolute atomic E-state index is 5.29. The Morgan fingerprint density at radius 1 is 1.38 bits per heavy atom. The third-order valence-electron chi connectivity index (χ3n) is 2.82. The third-order valence-corrected chi connectivity index (χ3v) is 2.82. The topological polar surface area (TPSA) is 15.3 Å². The zero-order valence-electron chi connectivity index (χ0n) is 10.3. The van der Waals surface area contributed by atoms with Gasteiger partial charge in [-0.2, -0.15) is 0 Å². The fourth-order valence-electron chi connectivity index (χ4n) is 1.80. The molecule has 1 N–H and O–H groups in total. The van der Waals surface area contributed by atoms with E-state index in [2.05, 4.69) is 47.3 Å². The molecule has 0 radical (unpaired) electrons. The van der Waals surface area contributed by atoms with Gasteiger partial charge in [-0.25, -0.2) is 0 Å². The highest BCUT2D eigenvalue weighted by Gasteiger charge is 2.06. The molecule has 0 aliphatic heterocycles. The second-order valence-electron chi connectivity index (χ2n) is 3.90. The lowest BCUT2D eigenvalue weighted by atomic mass is 10.0. The van der Waals surface area contributed by atoms with Crippen molar-refractivity contribution >= 4 is 5.69 Å². The van der Waals surface area contributed by atoms with Crippen molar-refractivity contribution in [1.29, 1.82) is 0 Å². The second kappa shape index (κ2) is 6.19. The van der Waals surface area contributed by atoms with Crippen LogP contribution in [-0.4, -0.2) is 20.6 Å². The van der Waals surface area contributed by atoms with E-state index in [0.717, 1.165) is 12.1 Å². The highest BCUT2D eigenvalue weighted by Crippen LogP contribution is 2.20. The molecule has 1 atom stereocenters. The molecule has 0 bridgehead atoms. The van der Waals surface area contributed by atoms with Crippen molar-refractivity contribution in [3.8, 4) is 12.3 Å². The van der Waals surface area contributed by atoms with Crippen LogP contribution in [0.15, 0.2) is 24.3 Å². The van der Waals surface area contributed by atoms with Gasteiger partial charge in [0.1, 0.15) is 0 Å². The molecule has 0 heterocycles. The van der Waals surface area contributed by atoms with E-state index in [9.17, 15) is 0 Å². The van der Waals surface area contributed by atoms with Crippen LogP contribution in [0.5, 0.6) is 0 Å². The number of hydrogen-bond donors (Lipinski definition) is 1. The minimum absolute atomic E-state index is 0.437. The molecule has 0 amide bonds. The molecule has 1 aromatic rings. The van der Waals surface area contributed by atoms with Gasteiger partial charge in [0, 0.05) is 18.8 Å². The number of nitrogens with zero attached hydrogens (tertiary/aromatic N) is 1. The Morgan fingerprint density at radius 3 is 2.44 bits per heavy atom. The number of anilines is 1. The number of terminal acetylenes is 1. The van der Waals surface area contributed by atoms with E-state index in [1.807, 2.05) is 14.1 Å². The minimum Gasteiger partial charge on any atom is -0.363 e. The van der Waals surface area contributed by atoms with Gasteiger partial charge in [-0.15, -0.1) is 6.42 Å². The van der Waals surface area contributed by atoms with Crippen LogP contribution in [0.1, 0.15) is 24.9 Å². The summed E-state index contributed by atoms with van der Waals surface area (Å²) in [6.07, 6.45) is 6.38. The number of benzene rings is 1. The summed E-state index contributed by atoms with van der Waals surface area (Å²) >= 11 is 0. The SMILES string of the molecule is C#CCN(C)c1ccc(C(CC)NC)cc1. The first kappa shape index (κ1) is 12.6. The fraction of sp³-hybridized carbons (Fsp3) is 0.429. The van der Waals surface area contributed by atoms with Gasteiger partial charge in [0.15, 0.2) is 0 Å². The Balaban J connectivity index is 2.78. The largest absolute Gasteiger partial charge is 0.363 e. The standard InChI is InChI=1S/C14H20N2/c1-5-11-16(4)13-9-7-12(8-10-13)14(6-2)15-3/h1,7-10,14-15H,6,11H2,2-4H3. The van der Waals surface area contributed by atoms with Gasteiger partial charge in [-0.05, 0) is 31.2 Å². The van der Waals surface area contributed by atoms with Gasteiger partial charge in [0.05, 0.1) is 6.54 Å². The second-order valence-corrected chi connectivity index (χ2v) is 3.90. The van der Waals surface area contributed by atoms with Crippen LogP contribution in [-0.2, 0) is 0 Å². The molecule has 2 nitrogen and oxygen atoms in total. The molecule has 0 aliphatic rings. The Labute approximate surface area is 98.7 Å². The maximum Gasteiger partial charge on any atom is 0.0788 e. The van der Waals surface area contributed by atoms with Crippen LogP contribution in [0.2, 0.25) is 0 Å². The van der Waals surface area contributed by atoms with Gasteiger partial charge in [0.25, 0.3) is 0 Å². The summed E-state index contributed by atoms with van der Waals surface area (Å²) in [5, 5.41) is 3.30. The minimum atomic E-state index is 0.437. The van der Waals surface area contributed by atoms with Crippen molar-refractivity contribution in [1.82, 2.24) is 5.32 Å². The van der Waals surface area contributed by atoms with Gasteiger partial charge in [0.2, 0.25) is 0 Å². The molecule has 16 heavy (non-hydrogen) atoms. The quantitative estimate of drug-likeness (QED) is 0.760. The monoisotopic (exact) mass is 216 g/mol. The zero-order chi connectivity index (χ0) is 12.0. The summed E-state index contributed by atoms with van der Waals surface area (Å²) in [7, 11) is 4.00. The molecule has 0 aromatic heterocycles. The lowest BCUT2D eigenvalue weighted by Crippen LogP contribution is -2.18. The molecule has 0 spiro atoms. The molecule has 1 unspecified atom stereocenters. The van der Waals surface area contributed by atoms with Crippen molar-refractivity contribution in [2.75, 3.05) is 25.5 Å². The Morgan fingerprint density at radius 2 is 2.00 bits per heavy atom. The molecule has 1 aromatic carbocycles. The summed E-state index contributed by atoms with van der Waals surface area (Å²) in [4.78, 5) is 2.06. The molecule has 0 saturated heterocycles. The average Bonchev–Trinajstić information content (AvgIpc) is 2.32. The number of nitrogens with one attached hydrogen (secondary N) is 1. The summed E-state index contributed by atoms with van der Waals surface area (Å²) < 4.78 is 0. The van der Waals surface area contributed by atoms with Crippen molar-refractivity contribution in [3.05, 3.63) is 29.8 Å². The van der Waals surface area contributed by atoms with E-state index in [-0.39, 0.29) is 0 Å². The van der Waals surface area contributed by atoms with Crippen molar-refractivity contribution in [2.24, 2.45) is 0 Å². The molecule has 1 rings (SSSR count). The van der Waals surface area contributed by atoms with E-state index in [1.54, 1.807) is 0 Å². The van der Waals surface area contributed by atoms with E-state index >= 15 is 0 Å². The van der Waals surface area contributed by atoms with Crippen LogP contribution in [0, 0.1) is 12.3 Å². The van der Waals surface area contributed by atoms with Crippen LogP contribution >= 0.6 is 0 Å². The lowest BCUT2D eigenvalue weighted by molar-refractivity contribution is 0.577. The van der Waals surface area contributed by atoms with Gasteiger partial charge in [-0.3, -0.25) is 0 Å². The predicted octanol–water partition coefficient (Wildman–Crippen LogP) is 2.43. The lowest BCUT2D eigenvalue weighted by Gasteiger charge is -2.18. The van der Waals surface area contributed by atoms with Gasteiger partial charge < -0.3 is 10.2 Å². The average molecular weight is 216 g/mol. The molecular formula is C14H20N2. The molecule has 0 saturated carbocycles. The van der Waals surface area contributed by atoms with E-state index < -0.39 is 0 Å². The molecular weight excluding hydrogens is 196 g/mol. The van der Waals surface area contributed by atoms with Gasteiger partial charge >= 0.3 is 0 Å². The fourth-order valence-corrected chi connectivity index (χ4v) is 1.80. The Bertz CT molecular complexity index is 344. The summed E-state index contributed by atoms with van der Waals surface area (Å²) in [6, 6.07) is 8.99. The van der Waals surface area contributed by atoms with Crippen molar-refractivity contribution in [3.63, 3.8) is 0 Å². The smallest absolute Gasteiger partial charge is 0.0788 e. The zero-order valence-corrected chi connectivity index (χ0v) is 10.3. The Kier molecular flexibility index (Phi) is 4.88. The highest BCUT2D eigenvalue weighted by atomic mass is 15.1. The normalized spacial score (nSPS) is 11.9. The van der Waals surface area contributed by atoms with Crippen LogP contribution in [0.4, 0.5) is 5.69 Å². The summed E-state index contributed by atoms with van der Waals surface area (Å²) in [5.74, 6) is 2.64.